The molecule has 5 aromatic rings. The third kappa shape index (κ3) is 4.68. The molecule has 0 saturated heterocycles. The first-order valence-electron chi connectivity index (χ1n) is 10.2. The van der Waals surface area contributed by atoms with Crippen LogP contribution in [0.25, 0.3) is 20.8 Å². The summed E-state index contributed by atoms with van der Waals surface area (Å²) in [6.45, 7) is 0. The number of hydrogen-bond donors (Lipinski definition) is 1. The van der Waals surface area contributed by atoms with E-state index in [0.717, 1.165) is 26.5 Å². The molecule has 0 fully saturated rings. The highest BCUT2D eigenvalue weighted by Crippen LogP contribution is 2.31. The van der Waals surface area contributed by atoms with Gasteiger partial charge in [-0.25, -0.2) is 9.97 Å². The lowest BCUT2D eigenvalue weighted by atomic mass is 10.2. The molecule has 3 aromatic carbocycles. The highest BCUT2D eigenvalue weighted by molar-refractivity contribution is 7.21. The Kier molecular flexibility index (Phi) is 5.70. The molecule has 0 atom stereocenters. The second-order valence-electron chi connectivity index (χ2n) is 7.18. The van der Waals surface area contributed by atoms with E-state index in [0.29, 0.717) is 22.9 Å². The quantitative estimate of drug-likeness (QED) is 0.321. The number of methoxy groups -OCH3 is 1. The average molecular weight is 454 g/mol. The van der Waals surface area contributed by atoms with Crippen molar-refractivity contribution in [1.29, 1.82) is 0 Å². The zero-order valence-electron chi connectivity index (χ0n) is 17.7. The molecule has 0 aliphatic heterocycles. The van der Waals surface area contributed by atoms with Crippen molar-refractivity contribution in [3.8, 4) is 28.0 Å². The summed E-state index contributed by atoms with van der Waals surface area (Å²) in [5, 5.41) is 3.77. The van der Waals surface area contributed by atoms with Gasteiger partial charge in [0, 0.05) is 29.1 Å². The summed E-state index contributed by atoms with van der Waals surface area (Å²) in [5.41, 5.74) is 3.00. The van der Waals surface area contributed by atoms with Gasteiger partial charge >= 0.3 is 0 Å². The zero-order valence-corrected chi connectivity index (χ0v) is 18.5. The van der Waals surface area contributed by atoms with Crippen LogP contribution in [0, 0.1) is 0 Å². The highest BCUT2D eigenvalue weighted by Gasteiger charge is 2.12. The maximum atomic E-state index is 12.8. The second kappa shape index (κ2) is 9.10. The Balaban J connectivity index is 1.30. The molecule has 0 saturated carbocycles. The van der Waals surface area contributed by atoms with Crippen molar-refractivity contribution in [1.82, 2.24) is 9.97 Å². The fourth-order valence-corrected chi connectivity index (χ4v) is 4.25. The van der Waals surface area contributed by atoms with E-state index in [1.807, 2.05) is 72.8 Å². The molecule has 162 valence electrons. The Morgan fingerprint density at radius 2 is 1.70 bits per heavy atom. The maximum absolute atomic E-state index is 12.8. The van der Waals surface area contributed by atoms with Gasteiger partial charge in [-0.2, -0.15) is 0 Å². The smallest absolute Gasteiger partial charge is 0.255 e. The number of hydrogen-bond acceptors (Lipinski definition) is 6. The van der Waals surface area contributed by atoms with Crippen molar-refractivity contribution >= 4 is 33.1 Å². The van der Waals surface area contributed by atoms with Gasteiger partial charge in [0.15, 0.2) is 0 Å². The minimum Gasteiger partial charge on any atom is -0.481 e. The van der Waals surface area contributed by atoms with Crippen LogP contribution in [0.3, 0.4) is 0 Å². The first kappa shape index (κ1) is 20.7. The predicted molar refractivity (Wildman–Crippen MR) is 130 cm³/mol. The highest BCUT2D eigenvalue weighted by atomic mass is 32.1. The van der Waals surface area contributed by atoms with Gasteiger partial charge in [0.2, 0.25) is 5.88 Å². The van der Waals surface area contributed by atoms with Crippen molar-refractivity contribution in [3.63, 3.8) is 0 Å². The van der Waals surface area contributed by atoms with Crippen LogP contribution in [0.4, 0.5) is 5.69 Å². The SMILES string of the molecule is COc1ccc(-c2nc3ccc(C(=O)Nc4ccc(Oc5ccccc5)cc4)cc3s2)cn1. The molecule has 2 aromatic heterocycles. The van der Waals surface area contributed by atoms with Crippen LogP contribution in [0.15, 0.2) is 91.1 Å². The van der Waals surface area contributed by atoms with Gasteiger partial charge in [-0.05, 0) is 60.7 Å². The number of ether oxygens (including phenoxy) is 2. The minimum absolute atomic E-state index is 0.185. The normalized spacial score (nSPS) is 10.7. The van der Waals surface area contributed by atoms with Gasteiger partial charge in [-0.1, -0.05) is 18.2 Å². The Morgan fingerprint density at radius 3 is 2.42 bits per heavy atom. The standard InChI is InChI=1S/C26H19N3O3S/c1-31-24-14-8-18(16-27-24)26-29-22-13-7-17(15-23(22)33-26)25(30)28-19-9-11-21(12-10-19)32-20-5-3-2-4-6-20/h2-16H,1H3,(H,28,30). The van der Waals surface area contributed by atoms with Gasteiger partial charge in [0.05, 0.1) is 17.3 Å². The lowest BCUT2D eigenvalue weighted by Gasteiger charge is -2.08. The van der Waals surface area contributed by atoms with Crippen LogP contribution in [-0.2, 0) is 0 Å². The van der Waals surface area contributed by atoms with Crippen molar-refractivity contribution in [3.05, 3.63) is 96.7 Å². The van der Waals surface area contributed by atoms with Crippen LogP contribution in [0.1, 0.15) is 10.4 Å². The number of anilines is 1. The fourth-order valence-electron chi connectivity index (χ4n) is 3.25. The molecule has 0 unspecified atom stereocenters. The van der Waals surface area contributed by atoms with Crippen molar-refractivity contribution < 1.29 is 14.3 Å². The molecule has 0 aliphatic carbocycles. The number of benzene rings is 3. The summed E-state index contributed by atoms with van der Waals surface area (Å²) >= 11 is 1.52. The molecule has 0 aliphatic rings. The van der Waals surface area contributed by atoms with Crippen LogP contribution in [-0.4, -0.2) is 23.0 Å². The number of nitrogens with one attached hydrogen (secondary N) is 1. The maximum Gasteiger partial charge on any atom is 0.255 e. The fraction of sp³-hybridized carbons (Fsp3) is 0.0385. The first-order valence-corrected chi connectivity index (χ1v) is 11.0. The Labute approximate surface area is 194 Å². The molecule has 0 bridgehead atoms. The largest absolute Gasteiger partial charge is 0.481 e. The average Bonchev–Trinajstić information content (AvgIpc) is 3.29. The van der Waals surface area contributed by atoms with E-state index in [1.165, 1.54) is 11.3 Å². The van der Waals surface area contributed by atoms with Crippen molar-refractivity contribution in [2.24, 2.45) is 0 Å². The van der Waals surface area contributed by atoms with E-state index in [2.05, 4.69) is 15.3 Å². The third-order valence-corrected chi connectivity index (χ3v) is 6.00. The molecule has 33 heavy (non-hydrogen) atoms. The minimum atomic E-state index is -0.185. The summed E-state index contributed by atoms with van der Waals surface area (Å²) in [7, 11) is 1.58. The number of thiazole rings is 1. The summed E-state index contributed by atoms with van der Waals surface area (Å²) < 4.78 is 11.8. The Hall–Kier alpha value is -4.23. The number of carbonyl (C=O) groups excluding carboxylic acids is 1. The number of para-hydroxylation sites is 1. The number of pyridine rings is 1. The van der Waals surface area contributed by atoms with E-state index in [9.17, 15) is 4.79 Å². The molecule has 1 N–H and O–H groups in total. The summed E-state index contributed by atoms with van der Waals surface area (Å²) in [4.78, 5) is 21.7. The molecule has 0 radical (unpaired) electrons. The van der Waals surface area contributed by atoms with Gasteiger partial charge in [0.1, 0.15) is 16.5 Å². The Bertz CT molecular complexity index is 1400. The number of carbonyl (C=O) groups is 1. The summed E-state index contributed by atoms with van der Waals surface area (Å²) in [6.07, 6.45) is 1.73. The van der Waals surface area contributed by atoms with Gasteiger partial charge in [-0.15, -0.1) is 11.3 Å². The van der Waals surface area contributed by atoms with Gasteiger partial charge in [-0.3, -0.25) is 4.79 Å². The van der Waals surface area contributed by atoms with Crippen LogP contribution < -0.4 is 14.8 Å². The molecule has 7 heteroatoms. The van der Waals surface area contributed by atoms with Crippen molar-refractivity contribution in [2.45, 2.75) is 0 Å². The number of rotatable bonds is 6. The lowest BCUT2D eigenvalue weighted by Crippen LogP contribution is -2.11. The molecular formula is C26H19N3O3S. The molecule has 2 heterocycles. The van der Waals surface area contributed by atoms with E-state index in [4.69, 9.17) is 9.47 Å². The number of aromatic nitrogens is 2. The monoisotopic (exact) mass is 453 g/mol. The van der Waals surface area contributed by atoms with E-state index < -0.39 is 0 Å². The number of amides is 1. The molecule has 0 spiro atoms. The second-order valence-corrected chi connectivity index (χ2v) is 8.22. The number of fused-ring (bicyclic) bond motifs is 1. The van der Waals surface area contributed by atoms with Crippen molar-refractivity contribution in [2.75, 3.05) is 12.4 Å². The van der Waals surface area contributed by atoms with E-state index in [1.54, 1.807) is 25.4 Å². The van der Waals surface area contributed by atoms with Crippen LogP contribution in [0.2, 0.25) is 0 Å². The van der Waals surface area contributed by atoms with Crippen LogP contribution >= 0.6 is 11.3 Å². The molecule has 1 amide bonds. The zero-order chi connectivity index (χ0) is 22.6. The topological polar surface area (TPSA) is 73.3 Å². The third-order valence-electron chi connectivity index (χ3n) is 4.93. The summed E-state index contributed by atoms with van der Waals surface area (Å²) in [6, 6.07) is 26.0. The van der Waals surface area contributed by atoms with Gasteiger partial charge in [0.25, 0.3) is 5.91 Å². The lowest BCUT2D eigenvalue weighted by molar-refractivity contribution is 0.102. The van der Waals surface area contributed by atoms with E-state index in [-0.39, 0.29) is 5.91 Å². The predicted octanol–water partition coefficient (Wildman–Crippen LogP) is 6.41. The Morgan fingerprint density at radius 1 is 0.909 bits per heavy atom. The molecule has 6 nitrogen and oxygen atoms in total. The summed E-state index contributed by atoms with van der Waals surface area (Å²) in [5.74, 6) is 1.83. The van der Waals surface area contributed by atoms with Crippen LogP contribution in [0.5, 0.6) is 17.4 Å². The number of nitrogens with zero attached hydrogens (tertiary/aromatic N) is 2. The molecular weight excluding hydrogens is 434 g/mol. The van der Waals surface area contributed by atoms with Gasteiger partial charge < -0.3 is 14.8 Å². The molecule has 5 rings (SSSR count). The van der Waals surface area contributed by atoms with E-state index >= 15 is 0 Å². The first-order chi connectivity index (χ1) is 16.2.